The second kappa shape index (κ2) is 3.37. The van der Waals surface area contributed by atoms with Crippen molar-refractivity contribution in [1.82, 2.24) is 0 Å². The fraction of sp³-hybridized carbons (Fsp3) is 0.778. The number of hydrogen-bond acceptors (Lipinski definition) is 2. The predicted molar refractivity (Wildman–Crippen MR) is 44.4 cm³/mol. The predicted octanol–water partition coefficient (Wildman–Crippen LogP) is 1.49. The minimum Gasteiger partial charge on any atom is -0.385 e. The molecule has 1 rings (SSSR count). The Bertz CT molecular complexity index is 144. The van der Waals surface area contributed by atoms with Gasteiger partial charge in [-0.25, -0.2) is 0 Å². The van der Waals surface area contributed by atoms with E-state index in [4.69, 9.17) is 4.74 Å². The molecule has 0 aromatic carbocycles. The van der Waals surface area contributed by atoms with Crippen LogP contribution in [-0.4, -0.2) is 23.9 Å². The third-order valence-corrected chi connectivity index (χ3v) is 2.33. The fourth-order valence-corrected chi connectivity index (χ4v) is 1.36. The molecule has 0 radical (unpaired) electrons. The maximum Gasteiger partial charge on any atom is 0.0874 e. The maximum absolute atomic E-state index is 9.95. The molecule has 1 saturated heterocycles. The highest BCUT2D eigenvalue weighted by molar-refractivity contribution is 5.09. The molecule has 0 amide bonds. The van der Waals surface area contributed by atoms with Gasteiger partial charge in [0.1, 0.15) is 0 Å². The molecule has 0 saturated carbocycles. The van der Waals surface area contributed by atoms with Crippen molar-refractivity contribution < 1.29 is 9.84 Å². The molecule has 1 atom stereocenters. The normalized spacial score (nSPS) is 32.9. The van der Waals surface area contributed by atoms with Gasteiger partial charge in [-0.05, 0) is 25.3 Å². The van der Waals surface area contributed by atoms with Crippen molar-refractivity contribution in [3.05, 3.63) is 12.2 Å². The van der Waals surface area contributed by atoms with Crippen LogP contribution in [0.1, 0.15) is 26.2 Å². The average molecular weight is 156 g/mol. The van der Waals surface area contributed by atoms with E-state index in [1.165, 1.54) is 0 Å². The molecule has 0 spiro atoms. The average Bonchev–Trinajstić information content (AvgIpc) is 2.15. The van der Waals surface area contributed by atoms with Crippen LogP contribution in [0.4, 0.5) is 0 Å². The number of hydrogen-bond donors (Lipinski definition) is 1. The molecule has 1 heterocycles. The standard InChI is InChI=1S/C9H16O2/c1-8(2)9(10)4-3-6-11-7-5-9/h10H,1,3-7H2,2H3. The van der Waals surface area contributed by atoms with Gasteiger partial charge in [0.15, 0.2) is 0 Å². The Kier molecular flexibility index (Phi) is 2.68. The second-order valence-electron chi connectivity index (χ2n) is 3.28. The van der Waals surface area contributed by atoms with Gasteiger partial charge in [0.05, 0.1) is 5.60 Å². The highest BCUT2D eigenvalue weighted by Gasteiger charge is 2.28. The smallest absolute Gasteiger partial charge is 0.0874 e. The Morgan fingerprint density at radius 1 is 1.45 bits per heavy atom. The SMILES string of the molecule is C=C(C)C1(O)CCCOCC1. The van der Waals surface area contributed by atoms with Gasteiger partial charge in [0, 0.05) is 19.6 Å². The lowest BCUT2D eigenvalue weighted by atomic mass is 9.88. The molecule has 0 aliphatic carbocycles. The van der Waals surface area contributed by atoms with Crippen LogP contribution in [0.5, 0.6) is 0 Å². The Labute approximate surface area is 67.9 Å². The van der Waals surface area contributed by atoms with E-state index in [0.29, 0.717) is 13.0 Å². The number of rotatable bonds is 1. The van der Waals surface area contributed by atoms with Crippen molar-refractivity contribution in [2.24, 2.45) is 0 Å². The van der Waals surface area contributed by atoms with Crippen LogP contribution >= 0.6 is 0 Å². The second-order valence-corrected chi connectivity index (χ2v) is 3.28. The van der Waals surface area contributed by atoms with Crippen LogP contribution < -0.4 is 0 Å². The zero-order chi connectivity index (χ0) is 8.32. The molecule has 1 aliphatic heterocycles. The fourth-order valence-electron chi connectivity index (χ4n) is 1.36. The molecule has 11 heavy (non-hydrogen) atoms. The topological polar surface area (TPSA) is 29.5 Å². The largest absolute Gasteiger partial charge is 0.385 e. The van der Waals surface area contributed by atoms with E-state index in [1.54, 1.807) is 0 Å². The Morgan fingerprint density at radius 3 is 2.82 bits per heavy atom. The molecule has 64 valence electrons. The molecule has 1 N–H and O–H groups in total. The summed E-state index contributed by atoms with van der Waals surface area (Å²) in [7, 11) is 0. The summed E-state index contributed by atoms with van der Waals surface area (Å²) in [4.78, 5) is 0. The minimum absolute atomic E-state index is 0.656. The van der Waals surface area contributed by atoms with Crippen LogP contribution in [-0.2, 0) is 4.74 Å². The summed E-state index contributed by atoms with van der Waals surface area (Å²) in [6.07, 6.45) is 2.42. The van der Waals surface area contributed by atoms with E-state index in [2.05, 4.69) is 6.58 Å². The first-order valence-corrected chi connectivity index (χ1v) is 4.11. The van der Waals surface area contributed by atoms with Gasteiger partial charge >= 0.3 is 0 Å². The maximum atomic E-state index is 9.95. The van der Waals surface area contributed by atoms with Crippen molar-refractivity contribution in [2.45, 2.75) is 31.8 Å². The first-order valence-electron chi connectivity index (χ1n) is 4.11. The van der Waals surface area contributed by atoms with Crippen LogP contribution in [0, 0.1) is 0 Å². The van der Waals surface area contributed by atoms with Gasteiger partial charge in [0.2, 0.25) is 0 Å². The van der Waals surface area contributed by atoms with E-state index < -0.39 is 5.60 Å². The molecule has 0 aromatic heterocycles. The zero-order valence-electron chi connectivity index (χ0n) is 7.10. The Morgan fingerprint density at radius 2 is 2.18 bits per heavy atom. The van der Waals surface area contributed by atoms with E-state index >= 15 is 0 Å². The van der Waals surface area contributed by atoms with Crippen LogP contribution in [0.3, 0.4) is 0 Å². The first-order chi connectivity index (χ1) is 5.15. The quantitative estimate of drug-likeness (QED) is 0.583. The first kappa shape index (κ1) is 8.75. The molecule has 2 nitrogen and oxygen atoms in total. The molecular formula is C9H16O2. The van der Waals surface area contributed by atoms with Crippen molar-refractivity contribution in [2.75, 3.05) is 13.2 Å². The van der Waals surface area contributed by atoms with E-state index in [-0.39, 0.29) is 0 Å². The van der Waals surface area contributed by atoms with Crippen molar-refractivity contribution in [3.63, 3.8) is 0 Å². The van der Waals surface area contributed by atoms with Crippen molar-refractivity contribution >= 4 is 0 Å². The summed E-state index contributed by atoms with van der Waals surface area (Å²) in [6.45, 7) is 7.10. The minimum atomic E-state index is -0.656. The molecular weight excluding hydrogens is 140 g/mol. The number of ether oxygens (including phenoxy) is 1. The van der Waals surface area contributed by atoms with Gasteiger partial charge < -0.3 is 9.84 Å². The van der Waals surface area contributed by atoms with Gasteiger partial charge in [0.25, 0.3) is 0 Å². The van der Waals surface area contributed by atoms with Gasteiger partial charge in [-0.3, -0.25) is 0 Å². The Hall–Kier alpha value is -0.340. The van der Waals surface area contributed by atoms with Crippen molar-refractivity contribution in [1.29, 1.82) is 0 Å². The monoisotopic (exact) mass is 156 g/mol. The van der Waals surface area contributed by atoms with E-state index in [9.17, 15) is 5.11 Å². The highest BCUT2D eigenvalue weighted by Crippen LogP contribution is 2.27. The lowest BCUT2D eigenvalue weighted by Crippen LogP contribution is -2.29. The molecule has 0 bridgehead atoms. The third kappa shape index (κ3) is 2.04. The summed E-state index contributed by atoms with van der Waals surface area (Å²) >= 11 is 0. The summed E-state index contributed by atoms with van der Waals surface area (Å²) < 4.78 is 5.24. The zero-order valence-corrected chi connectivity index (χ0v) is 7.10. The van der Waals surface area contributed by atoms with Crippen LogP contribution in [0.25, 0.3) is 0 Å². The van der Waals surface area contributed by atoms with Crippen molar-refractivity contribution in [3.8, 4) is 0 Å². The lowest BCUT2D eigenvalue weighted by molar-refractivity contribution is 0.0528. The Balaban J connectivity index is 2.59. The lowest BCUT2D eigenvalue weighted by Gasteiger charge is -2.26. The van der Waals surface area contributed by atoms with Gasteiger partial charge in [-0.1, -0.05) is 6.58 Å². The van der Waals surface area contributed by atoms with Gasteiger partial charge in [-0.15, -0.1) is 0 Å². The summed E-state index contributed by atoms with van der Waals surface area (Å²) in [5.74, 6) is 0. The van der Waals surface area contributed by atoms with Crippen LogP contribution in [0.2, 0.25) is 0 Å². The van der Waals surface area contributed by atoms with E-state index in [0.717, 1.165) is 25.0 Å². The summed E-state index contributed by atoms with van der Waals surface area (Å²) in [5.41, 5.74) is 0.208. The highest BCUT2D eigenvalue weighted by atomic mass is 16.5. The molecule has 1 fully saturated rings. The molecule has 1 unspecified atom stereocenters. The summed E-state index contributed by atoms with van der Waals surface area (Å²) in [5, 5.41) is 9.95. The summed E-state index contributed by atoms with van der Waals surface area (Å²) in [6, 6.07) is 0. The molecule has 2 heteroatoms. The third-order valence-electron chi connectivity index (χ3n) is 2.33. The number of aliphatic hydroxyl groups is 1. The van der Waals surface area contributed by atoms with Gasteiger partial charge in [-0.2, -0.15) is 0 Å². The van der Waals surface area contributed by atoms with Crippen LogP contribution in [0.15, 0.2) is 12.2 Å². The molecule has 0 aromatic rings. The molecule has 1 aliphatic rings. The van der Waals surface area contributed by atoms with E-state index in [1.807, 2.05) is 6.92 Å².